The first-order valence-electron chi connectivity index (χ1n) is 18.9. The normalized spacial score (nSPS) is 11.9. The molecule has 0 amide bonds. The molecule has 4 heterocycles. The molecule has 57 heavy (non-hydrogen) atoms. The summed E-state index contributed by atoms with van der Waals surface area (Å²) >= 11 is 3.69. The molecule has 0 aliphatic rings. The van der Waals surface area contributed by atoms with Crippen LogP contribution in [0.3, 0.4) is 0 Å². The average Bonchev–Trinajstić information content (AvgIpc) is 3.98. The van der Waals surface area contributed by atoms with Crippen molar-refractivity contribution >= 4 is 85.0 Å². The molecule has 8 aromatic carbocycles. The number of hydrogen-bond acceptors (Lipinski definition) is 6. The van der Waals surface area contributed by atoms with Gasteiger partial charge in [-0.3, -0.25) is 0 Å². The lowest BCUT2D eigenvalue weighted by Crippen LogP contribution is -2.00. The van der Waals surface area contributed by atoms with E-state index in [-0.39, 0.29) is 0 Å². The molecule has 0 N–H and O–H groups in total. The smallest absolute Gasteiger partial charge is 0.165 e. The van der Waals surface area contributed by atoms with Crippen LogP contribution in [0.25, 0.3) is 119 Å². The summed E-state index contributed by atoms with van der Waals surface area (Å²) in [6, 6.07) is 61.9. The second-order valence-electron chi connectivity index (χ2n) is 14.3. The van der Waals surface area contributed by atoms with Crippen LogP contribution in [0.15, 0.2) is 180 Å². The van der Waals surface area contributed by atoms with E-state index < -0.39 is 0 Å². The van der Waals surface area contributed by atoms with Crippen molar-refractivity contribution < 1.29 is 4.42 Å². The number of thiophene rings is 2. The molecule has 6 heteroatoms. The van der Waals surface area contributed by atoms with E-state index in [0.29, 0.717) is 17.5 Å². The van der Waals surface area contributed by atoms with Gasteiger partial charge in [0.05, 0.1) is 0 Å². The predicted molar refractivity (Wildman–Crippen MR) is 240 cm³/mol. The van der Waals surface area contributed by atoms with Gasteiger partial charge in [0.25, 0.3) is 0 Å². The van der Waals surface area contributed by atoms with E-state index >= 15 is 0 Å². The van der Waals surface area contributed by atoms with E-state index in [1.807, 2.05) is 71.2 Å². The molecule has 0 fully saturated rings. The molecule has 4 aromatic heterocycles. The highest BCUT2D eigenvalue weighted by Crippen LogP contribution is 2.49. The van der Waals surface area contributed by atoms with Gasteiger partial charge in [-0.1, -0.05) is 146 Å². The van der Waals surface area contributed by atoms with Crippen molar-refractivity contribution in [1.82, 2.24) is 15.0 Å². The Balaban J connectivity index is 1.07. The molecule has 0 bridgehead atoms. The summed E-state index contributed by atoms with van der Waals surface area (Å²) in [5.41, 5.74) is 9.60. The monoisotopic (exact) mass is 763 g/mol. The number of para-hydroxylation sites is 1. The SMILES string of the molecule is c1ccc(-c2nc(-c3ccccc3)nc(-c3cccc4c3sc3c(-c5ccc(-c6ccc7oc8ccccc8c7c6)c6c5sc5ccccc56)cccc34)n2)cc1. The van der Waals surface area contributed by atoms with Gasteiger partial charge in [-0.05, 0) is 41.5 Å². The summed E-state index contributed by atoms with van der Waals surface area (Å²) < 4.78 is 11.2. The van der Waals surface area contributed by atoms with Crippen LogP contribution in [-0.4, -0.2) is 15.0 Å². The number of benzene rings is 8. The van der Waals surface area contributed by atoms with Crippen LogP contribution in [0.2, 0.25) is 0 Å². The molecule has 0 saturated carbocycles. The summed E-state index contributed by atoms with van der Waals surface area (Å²) in [5.74, 6) is 1.98. The van der Waals surface area contributed by atoms with Crippen LogP contribution in [-0.2, 0) is 0 Å². The molecule has 0 unspecified atom stereocenters. The third-order valence-corrected chi connectivity index (χ3v) is 13.5. The maximum atomic E-state index is 6.21. The number of nitrogens with zero attached hydrogens (tertiary/aromatic N) is 3. The van der Waals surface area contributed by atoms with Crippen LogP contribution in [0.5, 0.6) is 0 Å². The van der Waals surface area contributed by atoms with Crippen molar-refractivity contribution in [3.8, 4) is 56.4 Å². The molecule has 4 nitrogen and oxygen atoms in total. The highest BCUT2D eigenvalue weighted by molar-refractivity contribution is 7.27. The van der Waals surface area contributed by atoms with Crippen LogP contribution in [0.1, 0.15) is 0 Å². The minimum absolute atomic E-state index is 0.658. The molecule has 12 aromatic rings. The Labute approximate surface area is 335 Å². The minimum Gasteiger partial charge on any atom is -0.456 e. The van der Waals surface area contributed by atoms with Crippen molar-refractivity contribution in [2.75, 3.05) is 0 Å². The number of rotatable bonds is 5. The summed E-state index contributed by atoms with van der Waals surface area (Å²) in [4.78, 5) is 15.2. The summed E-state index contributed by atoms with van der Waals surface area (Å²) in [7, 11) is 0. The second-order valence-corrected chi connectivity index (χ2v) is 16.3. The standard InChI is InChI=1S/C51H29N3OS2/c1-3-13-30(14-4-1)49-52-50(31-15-5-2-6-16-31)54-51(53-49)40-22-12-21-36-35-19-11-20-37(46(35)57-47(36)40)38-27-26-33(45-39-18-8-10-24-44(39)56-48(38)45)32-25-28-43-41(29-32)34-17-7-9-23-42(34)55-43/h1-29H. The number of hydrogen-bond donors (Lipinski definition) is 0. The fourth-order valence-electron chi connectivity index (χ4n) is 8.31. The Morgan fingerprint density at radius 2 is 0.895 bits per heavy atom. The van der Waals surface area contributed by atoms with Crippen molar-refractivity contribution in [2.24, 2.45) is 0 Å². The van der Waals surface area contributed by atoms with Gasteiger partial charge in [-0.15, -0.1) is 22.7 Å². The fourth-order valence-corrected chi connectivity index (χ4v) is 10.9. The Kier molecular flexibility index (Phi) is 7.24. The van der Waals surface area contributed by atoms with Crippen molar-refractivity contribution in [1.29, 1.82) is 0 Å². The second kappa shape index (κ2) is 12.8. The Morgan fingerprint density at radius 3 is 1.65 bits per heavy atom. The molecule has 0 aliphatic carbocycles. The Morgan fingerprint density at radius 1 is 0.333 bits per heavy atom. The van der Waals surface area contributed by atoms with E-state index in [9.17, 15) is 0 Å². The van der Waals surface area contributed by atoms with Gasteiger partial charge >= 0.3 is 0 Å². The van der Waals surface area contributed by atoms with E-state index in [4.69, 9.17) is 19.4 Å². The molecule has 266 valence electrons. The van der Waals surface area contributed by atoms with Gasteiger partial charge < -0.3 is 4.42 Å². The molecule has 12 rings (SSSR count). The largest absolute Gasteiger partial charge is 0.456 e. The van der Waals surface area contributed by atoms with Crippen LogP contribution in [0.4, 0.5) is 0 Å². The third-order valence-electron chi connectivity index (χ3n) is 11.0. The molecular formula is C51H29N3OS2. The lowest BCUT2D eigenvalue weighted by atomic mass is 9.93. The van der Waals surface area contributed by atoms with Gasteiger partial charge in [0.15, 0.2) is 17.5 Å². The zero-order valence-corrected chi connectivity index (χ0v) is 31.9. The highest BCUT2D eigenvalue weighted by Gasteiger charge is 2.21. The molecular weight excluding hydrogens is 735 g/mol. The Bertz CT molecular complexity index is 3470. The first-order valence-corrected chi connectivity index (χ1v) is 20.6. The Hall–Kier alpha value is -6.99. The molecule has 0 aliphatic heterocycles. The molecule has 0 spiro atoms. The maximum Gasteiger partial charge on any atom is 0.165 e. The quantitative estimate of drug-likeness (QED) is 0.175. The lowest BCUT2D eigenvalue weighted by Gasteiger charge is -2.11. The highest BCUT2D eigenvalue weighted by atomic mass is 32.1. The van der Waals surface area contributed by atoms with Crippen LogP contribution < -0.4 is 0 Å². The molecule has 0 saturated heterocycles. The van der Waals surface area contributed by atoms with Crippen molar-refractivity contribution in [2.45, 2.75) is 0 Å². The van der Waals surface area contributed by atoms with Crippen LogP contribution >= 0.6 is 22.7 Å². The molecule has 0 atom stereocenters. The van der Waals surface area contributed by atoms with E-state index in [2.05, 4.69) is 127 Å². The van der Waals surface area contributed by atoms with Crippen LogP contribution in [0, 0.1) is 0 Å². The molecule has 0 radical (unpaired) electrons. The van der Waals surface area contributed by atoms with E-state index in [0.717, 1.165) is 43.3 Å². The lowest BCUT2D eigenvalue weighted by molar-refractivity contribution is 0.669. The summed E-state index contributed by atoms with van der Waals surface area (Å²) in [6.45, 7) is 0. The summed E-state index contributed by atoms with van der Waals surface area (Å²) in [6.07, 6.45) is 0. The van der Waals surface area contributed by atoms with E-state index in [1.54, 1.807) is 0 Å². The number of aromatic nitrogens is 3. The van der Waals surface area contributed by atoms with Crippen molar-refractivity contribution in [3.63, 3.8) is 0 Å². The predicted octanol–water partition coefficient (Wildman–Crippen LogP) is 14.8. The van der Waals surface area contributed by atoms with Gasteiger partial charge in [0, 0.05) is 78.9 Å². The van der Waals surface area contributed by atoms with Gasteiger partial charge in [-0.2, -0.15) is 0 Å². The van der Waals surface area contributed by atoms with Gasteiger partial charge in [0.1, 0.15) is 11.2 Å². The summed E-state index contributed by atoms with van der Waals surface area (Å²) in [5, 5.41) is 7.25. The van der Waals surface area contributed by atoms with E-state index in [1.165, 1.54) is 57.9 Å². The number of fused-ring (bicyclic) bond motifs is 9. The van der Waals surface area contributed by atoms with Gasteiger partial charge in [-0.25, -0.2) is 15.0 Å². The maximum absolute atomic E-state index is 6.21. The first-order chi connectivity index (χ1) is 28.2. The average molecular weight is 764 g/mol. The minimum atomic E-state index is 0.658. The number of furan rings is 1. The zero-order chi connectivity index (χ0) is 37.5. The topological polar surface area (TPSA) is 51.8 Å². The van der Waals surface area contributed by atoms with Crippen molar-refractivity contribution in [3.05, 3.63) is 176 Å². The fraction of sp³-hybridized carbons (Fsp3) is 0. The van der Waals surface area contributed by atoms with Gasteiger partial charge in [0.2, 0.25) is 0 Å². The third kappa shape index (κ3) is 5.15. The first kappa shape index (κ1) is 32.3. The zero-order valence-electron chi connectivity index (χ0n) is 30.3.